The molecule has 0 aliphatic heterocycles. The fourth-order valence-corrected chi connectivity index (χ4v) is 4.37. The van der Waals surface area contributed by atoms with Crippen LogP contribution < -0.4 is 20.2 Å². The number of methoxy groups -OCH3 is 1. The maximum atomic E-state index is 13.2. The molecule has 4 rings (SSSR count). The van der Waals surface area contributed by atoms with Gasteiger partial charge in [0.05, 0.1) is 28.7 Å². The second kappa shape index (κ2) is 6.78. The van der Waals surface area contributed by atoms with Crippen LogP contribution in [0.25, 0.3) is 21.8 Å². The van der Waals surface area contributed by atoms with Crippen LogP contribution in [-0.4, -0.2) is 32.5 Å². The van der Waals surface area contributed by atoms with E-state index in [4.69, 9.17) is 4.74 Å². The third-order valence-electron chi connectivity index (χ3n) is 4.74. The van der Waals surface area contributed by atoms with Crippen LogP contribution in [0.5, 0.6) is 5.75 Å². The van der Waals surface area contributed by atoms with E-state index in [-0.39, 0.29) is 10.4 Å². The lowest BCUT2D eigenvalue weighted by atomic mass is 10.1. The van der Waals surface area contributed by atoms with Gasteiger partial charge in [0.15, 0.2) is 0 Å². The summed E-state index contributed by atoms with van der Waals surface area (Å²) in [7, 11) is -0.965. The van der Waals surface area contributed by atoms with Gasteiger partial charge < -0.3 is 14.7 Å². The van der Waals surface area contributed by atoms with Crippen molar-refractivity contribution < 1.29 is 13.2 Å². The first kappa shape index (κ1) is 18.8. The number of aromatic nitrogens is 2. The van der Waals surface area contributed by atoms with Gasteiger partial charge in [-0.2, -0.15) is 0 Å². The zero-order valence-electron chi connectivity index (χ0n) is 15.6. The molecule has 8 nitrogen and oxygen atoms in total. The highest BCUT2D eigenvalue weighted by molar-refractivity contribution is 7.92. The predicted molar refractivity (Wildman–Crippen MR) is 111 cm³/mol. The molecule has 0 unspecified atom stereocenters. The predicted octanol–water partition coefficient (Wildman–Crippen LogP) is 2.20. The van der Waals surface area contributed by atoms with E-state index in [2.05, 4.69) is 9.97 Å². The van der Waals surface area contributed by atoms with E-state index < -0.39 is 21.1 Å². The Labute approximate surface area is 165 Å². The smallest absolute Gasteiger partial charge is 0.314 e. The van der Waals surface area contributed by atoms with Crippen LogP contribution in [0.15, 0.2) is 69.1 Å². The number of aromatic amines is 2. The first-order valence-corrected chi connectivity index (χ1v) is 10.1. The number of nitrogens with one attached hydrogen (secondary N) is 2. The molecule has 0 spiro atoms. The third kappa shape index (κ3) is 3.15. The molecule has 0 aliphatic rings. The summed E-state index contributed by atoms with van der Waals surface area (Å²) in [4.78, 5) is 27.8. The fourth-order valence-electron chi connectivity index (χ4n) is 3.16. The number of ether oxygens (including phenoxy) is 1. The van der Waals surface area contributed by atoms with Gasteiger partial charge in [0.2, 0.25) is 0 Å². The lowest BCUT2D eigenvalue weighted by Gasteiger charge is -2.21. The molecule has 1 aromatic heterocycles. The molecule has 0 saturated carbocycles. The molecule has 0 fully saturated rings. The van der Waals surface area contributed by atoms with Gasteiger partial charge in [-0.15, -0.1) is 0 Å². The molecule has 2 N–H and O–H groups in total. The molecule has 0 bridgehead atoms. The van der Waals surface area contributed by atoms with E-state index >= 15 is 0 Å². The number of rotatable bonds is 4. The summed E-state index contributed by atoms with van der Waals surface area (Å²) in [6, 6.07) is 15.1. The van der Waals surface area contributed by atoms with E-state index in [9.17, 15) is 18.0 Å². The summed E-state index contributed by atoms with van der Waals surface area (Å²) in [6.45, 7) is 0. The summed E-state index contributed by atoms with van der Waals surface area (Å²) in [5.41, 5.74) is -0.660. The number of anilines is 1. The highest BCUT2D eigenvalue weighted by Crippen LogP contribution is 2.33. The monoisotopic (exact) mass is 411 g/mol. The second-order valence-electron chi connectivity index (χ2n) is 6.46. The minimum Gasteiger partial charge on any atom is -0.496 e. The van der Waals surface area contributed by atoms with Gasteiger partial charge in [0, 0.05) is 18.5 Å². The lowest BCUT2D eigenvalue weighted by molar-refractivity contribution is 0.420. The molecule has 0 radical (unpaired) electrons. The number of benzene rings is 3. The third-order valence-corrected chi connectivity index (χ3v) is 6.53. The summed E-state index contributed by atoms with van der Waals surface area (Å²) in [5, 5.41) is 1.71. The summed E-state index contributed by atoms with van der Waals surface area (Å²) < 4.78 is 32.9. The van der Waals surface area contributed by atoms with Crippen molar-refractivity contribution in [3.8, 4) is 5.75 Å². The maximum Gasteiger partial charge on any atom is 0.314 e. The van der Waals surface area contributed by atoms with Crippen molar-refractivity contribution in [3.05, 3.63) is 75.3 Å². The second-order valence-corrected chi connectivity index (χ2v) is 8.43. The Morgan fingerprint density at radius 1 is 0.897 bits per heavy atom. The van der Waals surface area contributed by atoms with Crippen LogP contribution in [-0.2, 0) is 10.0 Å². The SMILES string of the molecule is COc1cc(N(C)S(=O)(=O)c2ccc3[nH]c(=O)c(=O)[nH]c3c2)cc2ccccc12. The number of H-pyrrole nitrogens is 2. The molecule has 3 aromatic carbocycles. The van der Waals surface area contributed by atoms with Gasteiger partial charge >= 0.3 is 11.1 Å². The maximum absolute atomic E-state index is 13.2. The molecule has 0 atom stereocenters. The molecule has 0 saturated heterocycles. The number of nitrogens with zero attached hydrogens (tertiary/aromatic N) is 1. The Balaban J connectivity index is 1.84. The fraction of sp³-hybridized carbons (Fsp3) is 0.100. The van der Waals surface area contributed by atoms with E-state index in [0.29, 0.717) is 17.0 Å². The Morgan fingerprint density at radius 2 is 1.59 bits per heavy atom. The van der Waals surface area contributed by atoms with Gasteiger partial charge in [-0.05, 0) is 29.7 Å². The molecule has 148 valence electrons. The highest BCUT2D eigenvalue weighted by Gasteiger charge is 2.23. The zero-order valence-corrected chi connectivity index (χ0v) is 16.4. The Hall–Kier alpha value is -3.59. The Bertz CT molecular complexity index is 1470. The van der Waals surface area contributed by atoms with E-state index in [1.54, 1.807) is 12.1 Å². The molecule has 29 heavy (non-hydrogen) atoms. The van der Waals surface area contributed by atoms with Gasteiger partial charge in [-0.3, -0.25) is 13.9 Å². The number of fused-ring (bicyclic) bond motifs is 2. The standard InChI is InChI=1S/C20H17N3O5S/c1-23(13-9-12-5-3-4-6-15(12)18(10-13)28-2)29(26,27)14-7-8-16-17(11-14)22-20(25)19(24)21-16/h3-11H,1-2H3,(H,21,24)(H,22,25). The first-order chi connectivity index (χ1) is 13.8. The largest absolute Gasteiger partial charge is 0.496 e. The van der Waals surface area contributed by atoms with Crippen molar-refractivity contribution in [1.82, 2.24) is 9.97 Å². The van der Waals surface area contributed by atoms with Crippen LogP contribution in [0.4, 0.5) is 5.69 Å². The van der Waals surface area contributed by atoms with Crippen molar-refractivity contribution in [2.75, 3.05) is 18.5 Å². The van der Waals surface area contributed by atoms with Gasteiger partial charge in [-0.1, -0.05) is 24.3 Å². The summed E-state index contributed by atoms with van der Waals surface area (Å²) >= 11 is 0. The summed E-state index contributed by atoms with van der Waals surface area (Å²) in [5.74, 6) is 0.556. The zero-order chi connectivity index (χ0) is 20.8. The topological polar surface area (TPSA) is 112 Å². The molecule has 4 aromatic rings. The van der Waals surface area contributed by atoms with Crippen LogP contribution >= 0.6 is 0 Å². The van der Waals surface area contributed by atoms with Gasteiger partial charge in [0.1, 0.15) is 5.75 Å². The van der Waals surface area contributed by atoms with Crippen molar-refractivity contribution in [2.45, 2.75) is 4.90 Å². The summed E-state index contributed by atoms with van der Waals surface area (Å²) in [6.07, 6.45) is 0. The minimum absolute atomic E-state index is 0.0256. The van der Waals surface area contributed by atoms with Crippen molar-refractivity contribution in [3.63, 3.8) is 0 Å². The number of sulfonamides is 1. The first-order valence-electron chi connectivity index (χ1n) is 8.63. The van der Waals surface area contributed by atoms with Crippen molar-refractivity contribution in [2.24, 2.45) is 0 Å². The van der Waals surface area contributed by atoms with Crippen LogP contribution in [0.2, 0.25) is 0 Å². The molecule has 9 heteroatoms. The molecular weight excluding hydrogens is 394 g/mol. The number of hydrogen-bond donors (Lipinski definition) is 2. The molecule has 0 aliphatic carbocycles. The minimum atomic E-state index is -3.94. The lowest BCUT2D eigenvalue weighted by Crippen LogP contribution is -2.29. The van der Waals surface area contributed by atoms with Crippen LogP contribution in [0, 0.1) is 0 Å². The quantitative estimate of drug-likeness (QED) is 0.500. The Kier molecular flexibility index (Phi) is 4.39. The van der Waals surface area contributed by atoms with Crippen molar-refractivity contribution in [1.29, 1.82) is 0 Å². The molecule has 0 amide bonds. The molecule has 1 heterocycles. The normalized spacial score (nSPS) is 11.7. The van der Waals surface area contributed by atoms with E-state index in [1.807, 2.05) is 24.3 Å². The Morgan fingerprint density at radius 3 is 2.31 bits per heavy atom. The van der Waals surface area contributed by atoms with Gasteiger partial charge in [0.25, 0.3) is 10.0 Å². The van der Waals surface area contributed by atoms with Crippen LogP contribution in [0.1, 0.15) is 0 Å². The molecular formula is C20H17N3O5S. The number of hydrogen-bond acceptors (Lipinski definition) is 5. The van der Waals surface area contributed by atoms with E-state index in [0.717, 1.165) is 15.1 Å². The van der Waals surface area contributed by atoms with Gasteiger partial charge in [-0.25, -0.2) is 8.42 Å². The average Bonchev–Trinajstić information content (AvgIpc) is 2.72. The van der Waals surface area contributed by atoms with Crippen molar-refractivity contribution >= 4 is 37.5 Å². The van der Waals surface area contributed by atoms with Crippen LogP contribution in [0.3, 0.4) is 0 Å². The van der Waals surface area contributed by atoms with E-state index in [1.165, 1.54) is 32.4 Å². The average molecular weight is 411 g/mol. The highest BCUT2D eigenvalue weighted by atomic mass is 32.2.